The van der Waals surface area contributed by atoms with Gasteiger partial charge in [-0.1, -0.05) is 33.9 Å². The quantitative estimate of drug-likeness (QED) is 0.0249. The molecule has 5 aromatic rings. The van der Waals surface area contributed by atoms with Crippen LogP contribution in [-0.4, -0.2) is 78.7 Å². The molecule has 20 fully saturated rings. The van der Waals surface area contributed by atoms with Crippen LogP contribution in [0.2, 0.25) is 0 Å². The maximum absolute atomic E-state index is 12.4. The third kappa shape index (κ3) is 18.9. The number of aryl methyl sites for hydroxylation is 5. The molecule has 5 amide bonds. The second-order valence-corrected chi connectivity index (χ2v) is 38.4. The monoisotopic (exact) mass is 1560 g/mol. The smallest absolute Gasteiger partial charge is 0.412 e. The van der Waals surface area contributed by atoms with Gasteiger partial charge in [0.2, 0.25) is 0 Å². The van der Waals surface area contributed by atoms with Gasteiger partial charge in [0.15, 0.2) is 0 Å². The first-order valence-corrected chi connectivity index (χ1v) is 42.3. The minimum absolute atomic E-state index is 0. The molecular weight excluding hydrogens is 1440 g/mol. The summed E-state index contributed by atoms with van der Waals surface area (Å²) in [6.45, 7) is 9.53. The molecule has 0 spiro atoms. The van der Waals surface area contributed by atoms with Crippen LogP contribution in [-0.2, 0) is 30.1 Å². The highest BCUT2D eigenvalue weighted by Crippen LogP contribution is 2.62. The fourth-order valence-corrected chi connectivity index (χ4v) is 26.4. The molecule has 20 bridgehead atoms. The Kier molecular flexibility index (Phi) is 23.7. The minimum atomic E-state index is -0.461. The van der Waals surface area contributed by atoms with Gasteiger partial charge in [0.25, 0.3) is 5.69 Å². The van der Waals surface area contributed by atoms with Gasteiger partial charge in [0.05, 0.1) is 4.92 Å². The lowest BCUT2D eigenvalue weighted by Gasteiger charge is -2.55. The first-order valence-electron chi connectivity index (χ1n) is 42.3. The van der Waals surface area contributed by atoms with Gasteiger partial charge in [-0.3, -0.25) is 36.7 Å². The van der Waals surface area contributed by atoms with Crippen LogP contribution in [0.5, 0.6) is 17.2 Å². The fraction of sp³-hybridized carbons (Fsp3) is 0.624. The number of hydrogen-bond acceptors (Lipinski definition) is 15. The van der Waals surface area contributed by atoms with Crippen molar-refractivity contribution < 1.29 is 67.9 Å². The van der Waals surface area contributed by atoms with E-state index in [4.69, 9.17) is 23.7 Å². The molecule has 0 aromatic heterocycles. The van der Waals surface area contributed by atoms with Gasteiger partial charge in [-0.05, 0) is 416 Å². The molecule has 616 valence electrons. The molecule has 0 saturated heterocycles. The van der Waals surface area contributed by atoms with E-state index in [9.17, 15) is 49.4 Å². The summed E-state index contributed by atoms with van der Waals surface area (Å²) in [6.07, 6.45) is 34.9. The van der Waals surface area contributed by atoms with E-state index < -0.39 is 11.0 Å². The van der Waals surface area contributed by atoms with Crippen LogP contribution in [0.3, 0.4) is 0 Å². The van der Waals surface area contributed by atoms with Crippen molar-refractivity contribution in [2.75, 3.05) is 26.6 Å². The van der Waals surface area contributed by atoms with Crippen LogP contribution in [0.25, 0.3) is 0 Å². The fourth-order valence-electron chi connectivity index (χ4n) is 26.4. The Morgan fingerprint density at radius 3 is 0.772 bits per heavy atom. The second-order valence-electron chi connectivity index (χ2n) is 38.4. The Labute approximate surface area is 673 Å². The Hall–Kier alpha value is -8.75. The number of ether oxygens (including phenoxy) is 5. The lowest BCUT2D eigenvalue weighted by atomic mass is 9.54. The van der Waals surface area contributed by atoms with Crippen molar-refractivity contribution >= 4 is 64.6 Å². The lowest BCUT2D eigenvalue weighted by Crippen LogP contribution is -2.53. The number of phenolic OH excluding ortho intramolecular Hbond substituents is 3. The highest BCUT2D eigenvalue weighted by Gasteiger charge is 2.58. The van der Waals surface area contributed by atoms with Crippen LogP contribution in [0, 0.1) is 127 Å². The highest BCUT2D eigenvalue weighted by molar-refractivity contribution is 5.88. The van der Waals surface area contributed by atoms with E-state index in [2.05, 4.69) is 45.6 Å². The van der Waals surface area contributed by atoms with E-state index in [0.29, 0.717) is 29.1 Å². The molecule has 20 aliphatic rings. The predicted molar refractivity (Wildman–Crippen MR) is 441 cm³/mol. The molecule has 0 aliphatic heterocycles. The van der Waals surface area contributed by atoms with Gasteiger partial charge in [-0.15, -0.1) is 0 Å². The Morgan fingerprint density at radius 1 is 0.342 bits per heavy atom. The zero-order valence-electron chi connectivity index (χ0n) is 66.0. The zero-order valence-corrected chi connectivity index (χ0v) is 66.0. The summed E-state index contributed by atoms with van der Waals surface area (Å²) in [5.74, 6) is 12.0. The summed E-state index contributed by atoms with van der Waals surface area (Å²) in [4.78, 5) is 71.8. The molecule has 0 unspecified atom stereocenters. The van der Waals surface area contributed by atoms with E-state index in [1.165, 1.54) is 126 Å². The molecule has 0 heterocycles. The summed E-state index contributed by atoms with van der Waals surface area (Å²) in [7, 11) is 0. The number of rotatable bonds is 12. The normalized spacial score (nSPS) is 34.3. The number of phenols is 3. The highest BCUT2D eigenvalue weighted by atomic mass is 16.6. The van der Waals surface area contributed by atoms with Crippen LogP contribution < -0.4 is 26.6 Å². The van der Waals surface area contributed by atoms with Crippen molar-refractivity contribution in [2.45, 2.75) is 277 Å². The summed E-state index contributed by atoms with van der Waals surface area (Å²) in [5.41, 5.74) is 6.80. The van der Waals surface area contributed by atoms with Crippen molar-refractivity contribution in [3.05, 3.63) is 135 Å². The number of carbonyl (C=O) groups excluding carboxylic acids is 5. The first-order chi connectivity index (χ1) is 53.6. The number of carbonyl (C=O) groups is 5. The number of anilines is 5. The molecule has 8 N–H and O–H groups in total. The maximum atomic E-state index is 12.4. The number of aromatic hydroxyl groups is 3. The van der Waals surface area contributed by atoms with E-state index >= 15 is 0 Å². The van der Waals surface area contributed by atoms with Gasteiger partial charge in [0, 0.05) is 40.6 Å². The number of nitro groups is 1. The first kappa shape index (κ1) is 81.8. The molecule has 20 saturated carbocycles. The van der Waals surface area contributed by atoms with Crippen molar-refractivity contribution in [3.8, 4) is 17.2 Å². The lowest BCUT2D eigenvalue weighted by molar-refractivity contribution is -0.384. The summed E-state index contributed by atoms with van der Waals surface area (Å²) in [5, 5.41) is 53.5. The number of nitrogens with one attached hydrogen (secondary N) is 5. The van der Waals surface area contributed by atoms with E-state index in [-0.39, 0.29) is 90.2 Å². The Bertz CT molecular complexity index is 4040. The second kappa shape index (κ2) is 33.1. The van der Waals surface area contributed by atoms with Gasteiger partial charge in [0.1, 0.15) is 45.3 Å². The molecule has 20 aliphatic carbocycles. The molecular formula is C93H124N6O15. The van der Waals surface area contributed by atoms with Crippen molar-refractivity contribution in [1.82, 2.24) is 0 Å². The molecule has 21 heteroatoms. The Balaban J connectivity index is 0.000000117. The number of nitrogens with zero attached hydrogens (tertiary/aromatic N) is 1. The van der Waals surface area contributed by atoms with Crippen LogP contribution in [0.15, 0.2) is 97.1 Å². The largest absolute Gasteiger partial charge is 0.508 e. The standard InChI is InChI=1S/2C19H25NO3.C19H25NO2.C17H20N2O4.C17H21NO3.2CH4/c2*1-11-4-17(21)12(2)3-16(11)20-18(22)23-19-8-13-5-14(9-19)7-15(6-13)10-19;1-2-13-3-5-17(6-4-13)20-18(21)22-19-10-14-7-15(11-19)9-16(8-14)12-19;20-16(18-14-1-3-15(4-2-14)19(21)22)23-17-8-11-5-12(9-17)7-13(6-11)10-17;19-15-3-1-14(2-4-15)18-16(20)21-17-8-11-5-12(9-17)7-13(6-11)10-17;;/h2*3-4,13-15,21H,5-10H2,1-2H3,(H,20,22);3-6,14-16H,2,7-12H2,1H3,(H,20,21);1-4,11-13H,5-10H2,(H,18,20);1-4,11-13,19H,5-10H2,(H,18,20);2*1H4. The topological polar surface area (TPSA) is 295 Å². The molecule has 5 aromatic carbocycles. The van der Waals surface area contributed by atoms with Gasteiger partial charge >= 0.3 is 30.5 Å². The van der Waals surface area contributed by atoms with Gasteiger partial charge in [-0.25, -0.2) is 24.0 Å². The van der Waals surface area contributed by atoms with E-state index in [0.717, 1.165) is 213 Å². The predicted octanol–water partition coefficient (Wildman–Crippen LogP) is 23.1. The number of hydrogen-bond donors (Lipinski definition) is 8. The minimum Gasteiger partial charge on any atom is -0.508 e. The number of amides is 5. The van der Waals surface area contributed by atoms with Crippen LogP contribution >= 0.6 is 0 Å². The van der Waals surface area contributed by atoms with Crippen molar-refractivity contribution in [1.29, 1.82) is 0 Å². The molecule has 114 heavy (non-hydrogen) atoms. The maximum Gasteiger partial charge on any atom is 0.412 e. The number of benzene rings is 5. The SMILES string of the molecule is C.C.CCc1ccc(NC(=O)OC23CC4CC(CC(C4)C2)C3)cc1.Cc1cc(NC(=O)OC23CC4CC(CC(C4)C2)C3)c(C)cc1O.Cc1cc(NC(=O)OC23CC4CC(CC(C4)C2)C3)c(C)cc1O.O=C(Nc1ccc(O)cc1)OC12CC3CC(CC(C3)C1)C2.O=C(Nc1ccc([N+](=O)[O-])cc1)OC12CC3CC(CC(C3)C1)C2. The third-order valence-electron chi connectivity index (χ3n) is 29.1. The summed E-state index contributed by atoms with van der Waals surface area (Å²) < 4.78 is 29.6. The average Bonchev–Trinajstić information content (AvgIpc) is 0.770. The van der Waals surface area contributed by atoms with Crippen molar-refractivity contribution in [3.63, 3.8) is 0 Å². The zero-order chi connectivity index (χ0) is 78.0. The molecule has 25 rings (SSSR count). The average molecular weight is 1570 g/mol. The molecule has 0 atom stereocenters. The number of nitro benzene ring substituents is 1. The van der Waals surface area contributed by atoms with Crippen LogP contribution in [0.4, 0.5) is 58.1 Å². The molecule has 0 radical (unpaired) electrons. The third-order valence-corrected chi connectivity index (χ3v) is 29.1. The van der Waals surface area contributed by atoms with Crippen LogP contribution in [0.1, 0.15) is 242 Å². The van der Waals surface area contributed by atoms with E-state index in [1.54, 1.807) is 48.5 Å². The van der Waals surface area contributed by atoms with Crippen molar-refractivity contribution in [2.24, 2.45) is 88.8 Å². The Morgan fingerprint density at radius 2 is 0.553 bits per heavy atom. The van der Waals surface area contributed by atoms with Gasteiger partial charge < -0.3 is 39.0 Å². The van der Waals surface area contributed by atoms with E-state index in [1.807, 2.05) is 39.8 Å². The number of non-ortho nitro benzene ring substituents is 1. The summed E-state index contributed by atoms with van der Waals surface area (Å²) >= 11 is 0. The summed E-state index contributed by atoms with van der Waals surface area (Å²) in [6, 6.07) is 27.2. The van der Waals surface area contributed by atoms with Gasteiger partial charge in [-0.2, -0.15) is 0 Å². The molecule has 21 nitrogen and oxygen atoms in total.